The summed E-state index contributed by atoms with van der Waals surface area (Å²) >= 11 is 12.1. The predicted octanol–water partition coefficient (Wildman–Crippen LogP) is 5.87. The van der Waals surface area contributed by atoms with Crippen LogP contribution in [0.2, 0.25) is 10.0 Å². The highest BCUT2D eigenvalue weighted by atomic mass is 35.5. The molecule has 0 atom stereocenters. The van der Waals surface area contributed by atoms with E-state index in [1.54, 1.807) is 24.3 Å². The second-order valence-electron chi connectivity index (χ2n) is 7.47. The molecule has 0 bridgehead atoms. The summed E-state index contributed by atoms with van der Waals surface area (Å²) in [5.41, 5.74) is 1.53. The van der Waals surface area contributed by atoms with E-state index in [1.165, 1.54) is 61.7 Å². The van der Waals surface area contributed by atoms with Gasteiger partial charge in [0.15, 0.2) is 17.2 Å². The second-order valence-corrected chi connectivity index (χ2v) is 8.32. The number of benzene rings is 3. The standard InChI is InChI=1S/C26H16Cl2N2O7/c1-35-23-13-16(12-21-26(32)37-25(29-21)19-9-6-17(27)14-20(19)28)4-10-22(23)36-24(31)11-5-15-2-7-18(8-3-15)30(33)34/h2-14H,1H3/b11-5+,21-12-. The van der Waals surface area contributed by atoms with Crippen LogP contribution >= 0.6 is 23.2 Å². The molecule has 0 spiro atoms. The summed E-state index contributed by atoms with van der Waals surface area (Å²) < 4.78 is 15.9. The molecule has 4 rings (SSSR count). The number of non-ortho nitro benzene ring substituents is 1. The van der Waals surface area contributed by atoms with E-state index < -0.39 is 16.9 Å². The number of esters is 2. The number of ether oxygens (including phenoxy) is 3. The number of aliphatic imine (C=N–C) groups is 1. The Morgan fingerprint density at radius 2 is 1.76 bits per heavy atom. The molecule has 0 aliphatic carbocycles. The first-order valence-electron chi connectivity index (χ1n) is 10.5. The maximum absolute atomic E-state index is 12.3. The SMILES string of the molecule is COc1cc(/C=C2\N=C(c3ccc(Cl)cc3Cl)OC2=O)ccc1OC(=O)/C=C/c1ccc([N+](=O)[O-])cc1. The zero-order chi connectivity index (χ0) is 26.5. The van der Waals surface area contributed by atoms with Gasteiger partial charge in [0.05, 0.1) is 22.6 Å². The fraction of sp³-hybridized carbons (Fsp3) is 0.0385. The molecule has 0 fully saturated rings. The van der Waals surface area contributed by atoms with Crippen molar-refractivity contribution >= 4 is 58.9 Å². The van der Waals surface area contributed by atoms with Crippen LogP contribution in [0.4, 0.5) is 5.69 Å². The van der Waals surface area contributed by atoms with Crippen LogP contribution in [-0.4, -0.2) is 29.9 Å². The maximum Gasteiger partial charge on any atom is 0.363 e. The molecule has 1 aliphatic heterocycles. The van der Waals surface area contributed by atoms with Crippen molar-refractivity contribution in [1.82, 2.24) is 0 Å². The van der Waals surface area contributed by atoms with E-state index >= 15 is 0 Å². The predicted molar refractivity (Wildman–Crippen MR) is 138 cm³/mol. The normalized spacial score (nSPS) is 14.0. The molecule has 0 amide bonds. The van der Waals surface area contributed by atoms with Gasteiger partial charge in [0.2, 0.25) is 5.90 Å². The highest BCUT2D eigenvalue weighted by Gasteiger charge is 2.26. The number of nitro groups is 1. The van der Waals surface area contributed by atoms with Crippen molar-refractivity contribution in [2.45, 2.75) is 0 Å². The summed E-state index contributed by atoms with van der Waals surface area (Å²) in [6.07, 6.45) is 4.14. The largest absolute Gasteiger partial charge is 0.493 e. The Balaban J connectivity index is 1.49. The van der Waals surface area contributed by atoms with Gasteiger partial charge < -0.3 is 14.2 Å². The van der Waals surface area contributed by atoms with Crippen LogP contribution < -0.4 is 9.47 Å². The lowest BCUT2D eigenvalue weighted by Crippen LogP contribution is -2.06. The zero-order valence-corrected chi connectivity index (χ0v) is 20.5. The Morgan fingerprint density at radius 3 is 2.43 bits per heavy atom. The van der Waals surface area contributed by atoms with Crippen LogP contribution in [0, 0.1) is 10.1 Å². The number of cyclic esters (lactones) is 1. The molecule has 0 saturated heterocycles. The number of hydrogen-bond donors (Lipinski definition) is 0. The smallest absolute Gasteiger partial charge is 0.363 e. The van der Waals surface area contributed by atoms with Gasteiger partial charge in [-0.05, 0) is 65.7 Å². The van der Waals surface area contributed by atoms with E-state index in [2.05, 4.69) is 4.99 Å². The molecule has 11 heteroatoms. The highest BCUT2D eigenvalue weighted by molar-refractivity contribution is 6.37. The zero-order valence-electron chi connectivity index (χ0n) is 19.0. The summed E-state index contributed by atoms with van der Waals surface area (Å²) in [5.74, 6) is -0.907. The molecule has 0 aromatic heterocycles. The Bertz CT molecular complexity index is 1500. The van der Waals surface area contributed by atoms with Gasteiger partial charge in [-0.3, -0.25) is 10.1 Å². The van der Waals surface area contributed by atoms with Crippen molar-refractivity contribution in [1.29, 1.82) is 0 Å². The van der Waals surface area contributed by atoms with Gasteiger partial charge in [0.1, 0.15) is 0 Å². The van der Waals surface area contributed by atoms with Crippen molar-refractivity contribution in [3.8, 4) is 11.5 Å². The molecule has 3 aromatic carbocycles. The minimum absolute atomic E-state index is 0.0406. The number of carbonyl (C=O) groups is 2. The number of nitro benzene ring substituents is 1. The van der Waals surface area contributed by atoms with E-state index in [4.69, 9.17) is 37.4 Å². The molecule has 0 radical (unpaired) electrons. The van der Waals surface area contributed by atoms with Crippen molar-refractivity contribution in [2.75, 3.05) is 7.11 Å². The van der Waals surface area contributed by atoms with Crippen molar-refractivity contribution in [3.05, 3.63) is 109 Å². The van der Waals surface area contributed by atoms with Gasteiger partial charge in [0.25, 0.3) is 5.69 Å². The van der Waals surface area contributed by atoms with E-state index in [1.807, 2.05) is 0 Å². The Labute approximate surface area is 220 Å². The van der Waals surface area contributed by atoms with Crippen molar-refractivity contribution in [2.24, 2.45) is 4.99 Å². The molecule has 1 heterocycles. The summed E-state index contributed by atoms with van der Waals surface area (Å²) in [6, 6.07) is 15.1. The van der Waals surface area contributed by atoms with Gasteiger partial charge in [-0.25, -0.2) is 14.6 Å². The third-order valence-electron chi connectivity index (χ3n) is 5.00. The molecule has 9 nitrogen and oxygen atoms in total. The first-order chi connectivity index (χ1) is 17.7. The first kappa shape index (κ1) is 25.6. The number of methoxy groups -OCH3 is 1. The van der Waals surface area contributed by atoms with Gasteiger partial charge >= 0.3 is 11.9 Å². The van der Waals surface area contributed by atoms with Gasteiger partial charge in [-0.15, -0.1) is 0 Å². The number of nitrogens with zero attached hydrogens (tertiary/aromatic N) is 2. The van der Waals surface area contributed by atoms with E-state index in [0.717, 1.165) is 0 Å². The fourth-order valence-corrected chi connectivity index (χ4v) is 3.71. The van der Waals surface area contributed by atoms with E-state index in [0.29, 0.717) is 21.7 Å². The molecule has 0 N–H and O–H groups in total. The average Bonchev–Trinajstić information content (AvgIpc) is 3.23. The summed E-state index contributed by atoms with van der Waals surface area (Å²) in [7, 11) is 1.40. The van der Waals surface area contributed by atoms with Crippen LogP contribution in [0.1, 0.15) is 16.7 Å². The maximum atomic E-state index is 12.3. The Morgan fingerprint density at radius 1 is 1.03 bits per heavy atom. The van der Waals surface area contributed by atoms with Gasteiger partial charge in [-0.2, -0.15) is 0 Å². The number of halogens is 2. The molecule has 1 aliphatic rings. The Hall–Kier alpha value is -4.47. The van der Waals surface area contributed by atoms with Crippen molar-refractivity contribution in [3.63, 3.8) is 0 Å². The number of rotatable bonds is 7. The highest BCUT2D eigenvalue weighted by Crippen LogP contribution is 2.31. The van der Waals surface area contributed by atoms with Crippen LogP contribution in [0.3, 0.4) is 0 Å². The van der Waals surface area contributed by atoms with Crippen LogP contribution in [-0.2, 0) is 14.3 Å². The molecular formula is C26H16Cl2N2O7. The summed E-state index contributed by atoms with van der Waals surface area (Å²) in [5, 5.41) is 11.5. The molecular weight excluding hydrogens is 523 g/mol. The molecule has 0 saturated carbocycles. The fourth-order valence-electron chi connectivity index (χ4n) is 3.22. The molecule has 0 unspecified atom stereocenters. The van der Waals surface area contributed by atoms with Gasteiger partial charge in [-0.1, -0.05) is 29.3 Å². The van der Waals surface area contributed by atoms with Crippen LogP contribution in [0.25, 0.3) is 12.2 Å². The topological polar surface area (TPSA) is 117 Å². The molecule has 37 heavy (non-hydrogen) atoms. The monoisotopic (exact) mass is 538 g/mol. The minimum atomic E-state index is -0.684. The lowest BCUT2D eigenvalue weighted by molar-refractivity contribution is -0.384. The van der Waals surface area contributed by atoms with E-state index in [-0.39, 0.29) is 33.8 Å². The van der Waals surface area contributed by atoms with Crippen LogP contribution in [0.15, 0.2) is 77.4 Å². The summed E-state index contributed by atoms with van der Waals surface area (Å²) in [4.78, 5) is 39.1. The first-order valence-corrected chi connectivity index (χ1v) is 11.3. The second kappa shape index (κ2) is 11.1. The number of carbonyl (C=O) groups excluding carboxylic acids is 2. The van der Waals surface area contributed by atoms with E-state index in [9.17, 15) is 19.7 Å². The lowest BCUT2D eigenvalue weighted by Gasteiger charge is -2.08. The quantitative estimate of drug-likeness (QED) is 0.121. The average molecular weight is 539 g/mol. The minimum Gasteiger partial charge on any atom is -0.493 e. The Kier molecular flexibility index (Phi) is 7.66. The summed E-state index contributed by atoms with van der Waals surface area (Å²) in [6.45, 7) is 0. The van der Waals surface area contributed by atoms with Crippen molar-refractivity contribution < 1.29 is 28.7 Å². The third kappa shape index (κ3) is 6.21. The van der Waals surface area contributed by atoms with Gasteiger partial charge in [0, 0.05) is 23.2 Å². The number of hydrogen-bond acceptors (Lipinski definition) is 8. The molecule has 3 aromatic rings. The molecule has 186 valence electrons. The third-order valence-corrected chi connectivity index (χ3v) is 5.55. The lowest BCUT2D eigenvalue weighted by atomic mass is 10.1. The van der Waals surface area contributed by atoms with Crippen LogP contribution in [0.5, 0.6) is 11.5 Å².